The van der Waals surface area contributed by atoms with Gasteiger partial charge in [0.2, 0.25) is 0 Å². The first-order valence-electron chi connectivity index (χ1n) is 6.89. The third kappa shape index (κ3) is 5.07. The van der Waals surface area contributed by atoms with E-state index in [1.807, 2.05) is 18.2 Å². The predicted molar refractivity (Wildman–Crippen MR) is 76.6 cm³/mol. The highest BCUT2D eigenvalue weighted by molar-refractivity contribution is 5.33. The van der Waals surface area contributed by atoms with Gasteiger partial charge in [0.25, 0.3) is 0 Å². The molecule has 1 atom stereocenters. The topological polar surface area (TPSA) is 47.3 Å². The van der Waals surface area contributed by atoms with E-state index >= 15 is 0 Å². The van der Waals surface area contributed by atoms with Crippen molar-refractivity contribution in [3.05, 3.63) is 29.8 Å². The number of nitrogens with one attached hydrogen (secondary N) is 1. The molecule has 0 spiro atoms. The van der Waals surface area contributed by atoms with Gasteiger partial charge in [0.1, 0.15) is 5.75 Å². The molecule has 1 rings (SSSR count). The van der Waals surface area contributed by atoms with Crippen LogP contribution in [0.25, 0.3) is 0 Å². The average Bonchev–Trinajstić information content (AvgIpc) is 2.42. The lowest BCUT2D eigenvalue weighted by Gasteiger charge is -2.17. The van der Waals surface area contributed by atoms with Crippen molar-refractivity contribution in [2.24, 2.45) is 5.84 Å². The molecule has 0 heterocycles. The number of nitrogens with two attached hydrogens (primary N) is 1. The van der Waals surface area contributed by atoms with Crippen LogP contribution >= 0.6 is 0 Å². The smallest absolute Gasteiger partial charge is 0.122 e. The summed E-state index contributed by atoms with van der Waals surface area (Å²) >= 11 is 0. The van der Waals surface area contributed by atoms with Crippen LogP contribution in [0.3, 0.4) is 0 Å². The fourth-order valence-corrected chi connectivity index (χ4v) is 2.20. The molecule has 0 aliphatic rings. The molecule has 3 nitrogen and oxygen atoms in total. The van der Waals surface area contributed by atoms with Crippen molar-refractivity contribution in [1.82, 2.24) is 5.43 Å². The number of rotatable bonds is 9. The molecule has 0 bridgehead atoms. The molecular weight excluding hydrogens is 224 g/mol. The van der Waals surface area contributed by atoms with Gasteiger partial charge in [0.05, 0.1) is 7.11 Å². The molecule has 0 saturated heterocycles. The predicted octanol–water partition coefficient (Wildman–Crippen LogP) is 3.04. The highest BCUT2D eigenvalue weighted by Crippen LogP contribution is 2.20. The normalized spacial score (nSPS) is 12.4. The minimum atomic E-state index is 0.332. The second kappa shape index (κ2) is 8.95. The van der Waals surface area contributed by atoms with Crippen LogP contribution in [-0.4, -0.2) is 13.2 Å². The molecular formula is C15H26N2O. The molecule has 3 N–H and O–H groups in total. The van der Waals surface area contributed by atoms with Crippen molar-refractivity contribution in [3.8, 4) is 5.75 Å². The van der Waals surface area contributed by atoms with Gasteiger partial charge >= 0.3 is 0 Å². The van der Waals surface area contributed by atoms with E-state index < -0.39 is 0 Å². The Morgan fingerprint density at radius 1 is 1.22 bits per heavy atom. The maximum absolute atomic E-state index is 5.64. The third-order valence-corrected chi connectivity index (χ3v) is 3.30. The molecule has 0 aromatic heterocycles. The SMILES string of the molecule is CCCCCCC(Cc1ccccc1OC)NN. The van der Waals surface area contributed by atoms with Crippen LogP contribution in [-0.2, 0) is 6.42 Å². The maximum Gasteiger partial charge on any atom is 0.122 e. The van der Waals surface area contributed by atoms with Gasteiger partial charge in [0, 0.05) is 6.04 Å². The molecule has 0 saturated carbocycles. The first-order chi connectivity index (χ1) is 8.81. The molecule has 3 heteroatoms. The largest absolute Gasteiger partial charge is 0.496 e. The number of hydrazine groups is 1. The fourth-order valence-electron chi connectivity index (χ4n) is 2.20. The molecule has 0 amide bonds. The Labute approximate surface area is 111 Å². The van der Waals surface area contributed by atoms with Crippen LogP contribution < -0.4 is 16.0 Å². The number of hydrogen-bond acceptors (Lipinski definition) is 3. The van der Waals surface area contributed by atoms with Crippen molar-refractivity contribution in [2.45, 2.75) is 51.5 Å². The van der Waals surface area contributed by atoms with Crippen LogP contribution in [0.1, 0.15) is 44.6 Å². The van der Waals surface area contributed by atoms with Crippen molar-refractivity contribution in [2.75, 3.05) is 7.11 Å². The minimum absolute atomic E-state index is 0.332. The van der Waals surface area contributed by atoms with Gasteiger partial charge in [0.15, 0.2) is 0 Å². The average molecular weight is 250 g/mol. The Balaban J connectivity index is 2.46. The summed E-state index contributed by atoms with van der Waals surface area (Å²) in [6.07, 6.45) is 7.15. The summed E-state index contributed by atoms with van der Waals surface area (Å²) in [5.74, 6) is 6.59. The second-order valence-corrected chi connectivity index (χ2v) is 4.73. The third-order valence-electron chi connectivity index (χ3n) is 3.30. The summed E-state index contributed by atoms with van der Waals surface area (Å²) in [7, 11) is 1.71. The van der Waals surface area contributed by atoms with E-state index in [0.717, 1.165) is 18.6 Å². The number of benzene rings is 1. The van der Waals surface area contributed by atoms with E-state index in [0.29, 0.717) is 6.04 Å². The molecule has 1 aromatic carbocycles. The zero-order valence-corrected chi connectivity index (χ0v) is 11.6. The van der Waals surface area contributed by atoms with Crippen molar-refractivity contribution < 1.29 is 4.74 Å². The number of hydrogen-bond donors (Lipinski definition) is 2. The highest BCUT2D eigenvalue weighted by atomic mass is 16.5. The van der Waals surface area contributed by atoms with Crippen LogP contribution in [0, 0.1) is 0 Å². The lowest BCUT2D eigenvalue weighted by Crippen LogP contribution is -2.36. The summed E-state index contributed by atoms with van der Waals surface area (Å²) in [4.78, 5) is 0. The number of ether oxygens (including phenoxy) is 1. The summed E-state index contributed by atoms with van der Waals surface area (Å²) in [5.41, 5.74) is 4.14. The molecule has 1 unspecified atom stereocenters. The summed E-state index contributed by atoms with van der Waals surface area (Å²) in [5, 5.41) is 0. The summed E-state index contributed by atoms with van der Waals surface area (Å²) in [6.45, 7) is 2.23. The van der Waals surface area contributed by atoms with E-state index in [-0.39, 0.29) is 0 Å². The van der Waals surface area contributed by atoms with Crippen molar-refractivity contribution in [1.29, 1.82) is 0 Å². The van der Waals surface area contributed by atoms with Gasteiger partial charge in [-0.2, -0.15) is 0 Å². The van der Waals surface area contributed by atoms with Gasteiger partial charge in [-0.3, -0.25) is 11.3 Å². The van der Waals surface area contributed by atoms with E-state index in [1.54, 1.807) is 7.11 Å². The van der Waals surface area contributed by atoms with E-state index in [2.05, 4.69) is 18.4 Å². The molecule has 0 fully saturated rings. The van der Waals surface area contributed by atoms with Gasteiger partial charge in [-0.15, -0.1) is 0 Å². The van der Waals surface area contributed by atoms with Gasteiger partial charge in [-0.1, -0.05) is 50.8 Å². The van der Waals surface area contributed by atoms with Crippen molar-refractivity contribution >= 4 is 0 Å². The highest BCUT2D eigenvalue weighted by Gasteiger charge is 2.10. The minimum Gasteiger partial charge on any atom is -0.496 e. The Morgan fingerprint density at radius 3 is 2.67 bits per heavy atom. The van der Waals surface area contributed by atoms with Gasteiger partial charge in [-0.25, -0.2) is 0 Å². The number of methoxy groups -OCH3 is 1. The van der Waals surface area contributed by atoms with E-state index in [1.165, 1.54) is 31.2 Å². The first-order valence-corrected chi connectivity index (χ1v) is 6.89. The van der Waals surface area contributed by atoms with Crippen LogP contribution in [0.15, 0.2) is 24.3 Å². The van der Waals surface area contributed by atoms with Crippen LogP contribution in [0.5, 0.6) is 5.75 Å². The molecule has 102 valence electrons. The Morgan fingerprint density at radius 2 is 2.00 bits per heavy atom. The Bertz CT molecular complexity index is 328. The standard InChI is InChI=1S/C15H26N2O/c1-3-4-5-6-10-14(17-16)12-13-9-7-8-11-15(13)18-2/h7-9,11,14,17H,3-6,10,12,16H2,1-2H3. The van der Waals surface area contributed by atoms with Crippen LogP contribution in [0.4, 0.5) is 0 Å². The molecule has 18 heavy (non-hydrogen) atoms. The van der Waals surface area contributed by atoms with Gasteiger partial charge in [-0.05, 0) is 24.5 Å². The summed E-state index contributed by atoms with van der Waals surface area (Å²) < 4.78 is 5.37. The monoisotopic (exact) mass is 250 g/mol. The summed E-state index contributed by atoms with van der Waals surface area (Å²) in [6, 6.07) is 8.48. The van der Waals surface area contributed by atoms with Crippen molar-refractivity contribution in [3.63, 3.8) is 0 Å². The zero-order chi connectivity index (χ0) is 13.2. The molecule has 0 radical (unpaired) electrons. The van der Waals surface area contributed by atoms with Gasteiger partial charge < -0.3 is 4.74 Å². The maximum atomic E-state index is 5.64. The van der Waals surface area contributed by atoms with E-state index in [4.69, 9.17) is 10.6 Å². The first kappa shape index (κ1) is 15.0. The molecule has 1 aromatic rings. The zero-order valence-electron chi connectivity index (χ0n) is 11.6. The molecule has 0 aliphatic carbocycles. The quantitative estimate of drug-likeness (QED) is 0.402. The lowest BCUT2D eigenvalue weighted by atomic mass is 10.00. The van der Waals surface area contributed by atoms with E-state index in [9.17, 15) is 0 Å². The van der Waals surface area contributed by atoms with Crippen LogP contribution in [0.2, 0.25) is 0 Å². The second-order valence-electron chi connectivity index (χ2n) is 4.73. The molecule has 0 aliphatic heterocycles. The lowest BCUT2D eigenvalue weighted by molar-refractivity contribution is 0.401. The fraction of sp³-hybridized carbons (Fsp3) is 0.600. The Hall–Kier alpha value is -1.06. The Kier molecular flexibility index (Phi) is 7.46. The number of para-hydroxylation sites is 1. The number of unbranched alkanes of at least 4 members (excludes halogenated alkanes) is 3.